The summed E-state index contributed by atoms with van der Waals surface area (Å²) < 4.78 is 11.2. The van der Waals surface area contributed by atoms with Gasteiger partial charge in [0, 0.05) is 18.6 Å². The van der Waals surface area contributed by atoms with Gasteiger partial charge < -0.3 is 14.8 Å². The quantitative estimate of drug-likeness (QED) is 0.828. The molecular formula is C22H23NO4. The summed E-state index contributed by atoms with van der Waals surface area (Å²) >= 11 is 0. The normalized spacial score (nSPS) is 20.8. The zero-order chi connectivity index (χ0) is 18.8. The third-order valence-corrected chi connectivity index (χ3v) is 5.22. The Balaban J connectivity index is 1.44. The molecule has 1 amide bonds. The van der Waals surface area contributed by atoms with E-state index in [0.717, 1.165) is 40.8 Å². The molecule has 2 aliphatic heterocycles. The Hall–Kier alpha value is -2.66. The molecule has 0 bridgehead atoms. The number of nitrogens with one attached hydrogen (secondary N) is 1. The molecule has 2 heterocycles. The van der Waals surface area contributed by atoms with Gasteiger partial charge in [-0.05, 0) is 42.2 Å². The van der Waals surface area contributed by atoms with Crippen LogP contribution in [0.3, 0.4) is 0 Å². The summed E-state index contributed by atoms with van der Waals surface area (Å²) in [5.41, 5.74) is 3.77. The molecule has 2 aromatic rings. The second-order valence-electron chi connectivity index (χ2n) is 7.17. The van der Waals surface area contributed by atoms with Crippen molar-refractivity contribution in [2.45, 2.75) is 25.9 Å². The smallest absolute Gasteiger partial charge is 0.225 e. The molecule has 1 fully saturated rings. The van der Waals surface area contributed by atoms with Crippen molar-refractivity contribution in [2.75, 3.05) is 19.8 Å². The van der Waals surface area contributed by atoms with Crippen LogP contribution < -0.4 is 10.1 Å². The number of rotatable bonds is 5. The molecule has 4 rings (SSSR count). The minimum atomic E-state index is -0.0652. The lowest BCUT2D eigenvalue weighted by atomic mass is 9.95. The Morgan fingerprint density at radius 2 is 2.04 bits per heavy atom. The molecule has 0 radical (unpaired) electrons. The number of Topliss-reactive ketones (excluding diaryl/α,β-unsaturated/α-hetero) is 1. The van der Waals surface area contributed by atoms with Gasteiger partial charge in [0.1, 0.15) is 11.9 Å². The Morgan fingerprint density at radius 1 is 1.19 bits per heavy atom. The van der Waals surface area contributed by atoms with Crippen molar-refractivity contribution in [1.82, 2.24) is 5.32 Å². The van der Waals surface area contributed by atoms with Crippen LogP contribution >= 0.6 is 0 Å². The van der Waals surface area contributed by atoms with E-state index in [2.05, 4.69) is 11.4 Å². The summed E-state index contributed by atoms with van der Waals surface area (Å²) in [6, 6.07) is 13.7. The van der Waals surface area contributed by atoms with Crippen molar-refractivity contribution in [3.05, 3.63) is 53.6 Å². The number of ether oxygens (including phenoxy) is 2. The molecule has 1 N–H and O–H groups in total. The van der Waals surface area contributed by atoms with Gasteiger partial charge >= 0.3 is 0 Å². The lowest BCUT2D eigenvalue weighted by Crippen LogP contribution is -2.38. The van der Waals surface area contributed by atoms with Gasteiger partial charge in [-0.15, -0.1) is 0 Å². The molecule has 27 heavy (non-hydrogen) atoms. The number of amides is 1. The summed E-state index contributed by atoms with van der Waals surface area (Å²) in [4.78, 5) is 24.0. The van der Waals surface area contributed by atoms with Gasteiger partial charge in [0.15, 0.2) is 5.78 Å². The van der Waals surface area contributed by atoms with Crippen molar-refractivity contribution < 1.29 is 19.1 Å². The third kappa shape index (κ3) is 3.74. The maximum absolute atomic E-state index is 12.1. The number of carbonyl (C=O) groups excluding carboxylic acids is 2. The minimum absolute atomic E-state index is 0.0385. The molecule has 0 aliphatic carbocycles. The average molecular weight is 365 g/mol. The Morgan fingerprint density at radius 3 is 2.81 bits per heavy atom. The Bertz CT molecular complexity index is 870. The molecule has 2 aliphatic rings. The van der Waals surface area contributed by atoms with Crippen molar-refractivity contribution in [3.8, 4) is 16.9 Å². The number of carbonyl (C=O) groups is 2. The monoisotopic (exact) mass is 365 g/mol. The van der Waals surface area contributed by atoms with Crippen molar-refractivity contribution in [2.24, 2.45) is 5.92 Å². The number of hydrogen-bond acceptors (Lipinski definition) is 4. The summed E-state index contributed by atoms with van der Waals surface area (Å²) in [5.74, 6) is 0.910. The number of fused-ring (bicyclic) bond motifs is 1. The van der Waals surface area contributed by atoms with Crippen LogP contribution in [0, 0.1) is 5.92 Å². The van der Waals surface area contributed by atoms with Crippen LogP contribution in [0.1, 0.15) is 29.3 Å². The van der Waals surface area contributed by atoms with E-state index in [1.54, 1.807) is 6.92 Å². The second kappa shape index (κ2) is 7.53. The SMILES string of the molecule is CC(=O)c1ccccc1-c1ccc2c(c1)C[C@@H](CNC(=O)[C@@H]1CCOC1)O2. The fourth-order valence-electron chi connectivity index (χ4n) is 3.74. The van der Waals surface area contributed by atoms with Crippen LogP contribution in [0.25, 0.3) is 11.1 Å². The summed E-state index contributed by atoms with van der Waals surface area (Å²) in [6.45, 7) is 3.25. The highest BCUT2D eigenvalue weighted by molar-refractivity contribution is 6.00. The standard InChI is InChI=1S/C22H23NO4/c1-14(24)19-4-2-3-5-20(19)15-6-7-21-17(10-15)11-18(27-21)12-23-22(25)16-8-9-26-13-16/h2-7,10,16,18H,8-9,11-13H2,1H3,(H,23,25)/t16-,18+/m1/s1. The van der Waals surface area contributed by atoms with E-state index in [0.29, 0.717) is 19.8 Å². The molecule has 0 aromatic heterocycles. The second-order valence-corrected chi connectivity index (χ2v) is 7.17. The van der Waals surface area contributed by atoms with E-state index in [1.807, 2.05) is 36.4 Å². The van der Waals surface area contributed by atoms with Crippen LogP contribution in [0.2, 0.25) is 0 Å². The molecule has 140 valence electrons. The fourth-order valence-corrected chi connectivity index (χ4v) is 3.74. The van der Waals surface area contributed by atoms with Gasteiger partial charge in [-0.3, -0.25) is 9.59 Å². The molecule has 0 saturated carbocycles. The number of benzene rings is 2. The highest BCUT2D eigenvalue weighted by atomic mass is 16.5. The molecule has 2 atom stereocenters. The van der Waals surface area contributed by atoms with Gasteiger partial charge in [-0.2, -0.15) is 0 Å². The Kier molecular flexibility index (Phi) is 4.94. The lowest BCUT2D eigenvalue weighted by Gasteiger charge is -2.14. The molecule has 5 heteroatoms. The molecule has 1 saturated heterocycles. The predicted molar refractivity (Wildman–Crippen MR) is 102 cm³/mol. The van der Waals surface area contributed by atoms with E-state index < -0.39 is 0 Å². The average Bonchev–Trinajstić information content (AvgIpc) is 3.35. The topological polar surface area (TPSA) is 64.6 Å². The molecular weight excluding hydrogens is 342 g/mol. The van der Waals surface area contributed by atoms with Crippen LogP contribution in [-0.4, -0.2) is 37.6 Å². The van der Waals surface area contributed by atoms with Crippen molar-refractivity contribution >= 4 is 11.7 Å². The first-order valence-corrected chi connectivity index (χ1v) is 9.37. The van der Waals surface area contributed by atoms with Crippen LogP contribution in [0.15, 0.2) is 42.5 Å². The first-order valence-electron chi connectivity index (χ1n) is 9.37. The van der Waals surface area contributed by atoms with Crippen molar-refractivity contribution in [1.29, 1.82) is 0 Å². The number of ketones is 1. The summed E-state index contributed by atoms with van der Waals surface area (Å²) in [6.07, 6.45) is 1.47. The lowest BCUT2D eigenvalue weighted by molar-refractivity contribution is -0.125. The van der Waals surface area contributed by atoms with Crippen LogP contribution in [-0.2, 0) is 16.0 Å². The van der Waals surface area contributed by atoms with E-state index >= 15 is 0 Å². The van der Waals surface area contributed by atoms with Gasteiger partial charge in [0.05, 0.1) is 19.1 Å². The van der Waals surface area contributed by atoms with Crippen molar-refractivity contribution in [3.63, 3.8) is 0 Å². The highest BCUT2D eigenvalue weighted by Crippen LogP contribution is 2.34. The van der Waals surface area contributed by atoms with E-state index in [4.69, 9.17) is 9.47 Å². The zero-order valence-electron chi connectivity index (χ0n) is 15.4. The summed E-state index contributed by atoms with van der Waals surface area (Å²) in [5, 5.41) is 2.98. The molecule has 0 unspecified atom stereocenters. The maximum Gasteiger partial charge on any atom is 0.225 e. The largest absolute Gasteiger partial charge is 0.488 e. The highest BCUT2D eigenvalue weighted by Gasteiger charge is 2.27. The van der Waals surface area contributed by atoms with E-state index in [-0.39, 0.29) is 23.7 Å². The predicted octanol–water partition coefficient (Wildman–Crippen LogP) is 3.01. The first-order chi connectivity index (χ1) is 13.1. The van der Waals surface area contributed by atoms with Gasteiger partial charge in [-0.1, -0.05) is 30.3 Å². The molecule has 0 spiro atoms. The van der Waals surface area contributed by atoms with Gasteiger partial charge in [0.25, 0.3) is 0 Å². The van der Waals surface area contributed by atoms with E-state index in [1.165, 1.54) is 0 Å². The Labute approximate surface area is 158 Å². The van der Waals surface area contributed by atoms with E-state index in [9.17, 15) is 9.59 Å². The number of hydrogen-bond donors (Lipinski definition) is 1. The maximum atomic E-state index is 12.1. The zero-order valence-corrected chi connectivity index (χ0v) is 15.4. The fraction of sp³-hybridized carbons (Fsp3) is 0.364. The van der Waals surface area contributed by atoms with Crippen LogP contribution in [0.4, 0.5) is 0 Å². The van der Waals surface area contributed by atoms with Gasteiger partial charge in [-0.25, -0.2) is 0 Å². The van der Waals surface area contributed by atoms with Gasteiger partial charge in [0.2, 0.25) is 5.91 Å². The third-order valence-electron chi connectivity index (χ3n) is 5.22. The molecule has 5 nitrogen and oxygen atoms in total. The minimum Gasteiger partial charge on any atom is -0.488 e. The van der Waals surface area contributed by atoms with Crippen LogP contribution in [0.5, 0.6) is 5.75 Å². The first kappa shape index (κ1) is 17.7. The molecule has 2 aromatic carbocycles. The summed E-state index contributed by atoms with van der Waals surface area (Å²) in [7, 11) is 0.